The molecule has 0 saturated heterocycles. The van der Waals surface area contributed by atoms with Gasteiger partial charge in [-0.2, -0.15) is 0 Å². The van der Waals surface area contributed by atoms with Crippen LogP contribution in [0.4, 0.5) is 5.69 Å². The van der Waals surface area contributed by atoms with Crippen LogP contribution >= 0.6 is 0 Å². The van der Waals surface area contributed by atoms with Gasteiger partial charge in [0.25, 0.3) is 0 Å². The summed E-state index contributed by atoms with van der Waals surface area (Å²) in [5, 5.41) is 0.904. The van der Waals surface area contributed by atoms with Crippen molar-refractivity contribution in [2.45, 2.75) is 9.79 Å². The van der Waals surface area contributed by atoms with Gasteiger partial charge in [-0.25, -0.2) is 4.21 Å². The highest BCUT2D eigenvalue weighted by Gasteiger charge is 2.08. The summed E-state index contributed by atoms with van der Waals surface area (Å²) in [4.78, 5) is 5.76. The summed E-state index contributed by atoms with van der Waals surface area (Å²) in [5.74, 6) is 0. The van der Waals surface area contributed by atoms with Crippen molar-refractivity contribution < 1.29 is 4.21 Å². The number of para-hydroxylation sites is 1. The summed E-state index contributed by atoms with van der Waals surface area (Å²) < 4.78 is 12.4. The van der Waals surface area contributed by atoms with Gasteiger partial charge in [-0.15, -0.1) is 0 Å². The van der Waals surface area contributed by atoms with Crippen molar-refractivity contribution in [1.29, 1.82) is 0 Å². The smallest absolute Gasteiger partial charge is 0.0931 e. The second-order valence-electron chi connectivity index (χ2n) is 4.17. The van der Waals surface area contributed by atoms with Gasteiger partial charge in [-0.3, -0.25) is 4.98 Å². The molecular formula is C15H12N2OS. The summed E-state index contributed by atoms with van der Waals surface area (Å²) in [5.41, 5.74) is 7.24. The van der Waals surface area contributed by atoms with E-state index in [0.29, 0.717) is 10.6 Å². The number of nitrogen functional groups attached to an aromatic ring is 1. The van der Waals surface area contributed by atoms with Gasteiger partial charge < -0.3 is 5.73 Å². The van der Waals surface area contributed by atoms with Crippen LogP contribution in [0.5, 0.6) is 0 Å². The van der Waals surface area contributed by atoms with Gasteiger partial charge in [0.15, 0.2) is 0 Å². The molecule has 0 spiro atoms. The molecule has 0 unspecified atom stereocenters. The van der Waals surface area contributed by atoms with Crippen molar-refractivity contribution in [3.63, 3.8) is 0 Å². The van der Waals surface area contributed by atoms with Crippen LogP contribution in [0, 0.1) is 0 Å². The fraction of sp³-hybridized carbons (Fsp3) is 0. The molecular weight excluding hydrogens is 256 g/mol. The molecule has 1 aromatic heterocycles. The Morgan fingerprint density at radius 3 is 2.53 bits per heavy atom. The molecule has 0 aliphatic heterocycles. The first-order valence-corrected chi connectivity index (χ1v) is 7.02. The van der Waals surface area contributed by atoms with E-state index in [2.05, 4.69) is 4.98 Å². The summed E-state index contributed by atoms with van der Waals surface area (Å²) in [6.45, 7) is 0. The van der Waals surface area contributed by atoms with Gasteiger partial charge >= 0.3 is 0 Å². The zero-order valence-electron chi connectivity index (χ0n) is 10.1. The van der Waals surface area contributed by atoms with Crippen LogP contribution in [0.1, 0.15) is 0 Å². The van der Waals surface area contributed by atoms with Crippen LogP contribution < -0.4 is 5.73 Å². The molecule has 3 rings (SSSR count). The Morgan fingerprint density at radius 2 is 1.74 bits per heavy atom. The minimum Gasteiger partial charge on any atom is -0.397 e. The van der Waals surface area contributed by atoms with Crippen LogP contribution in [0.2, 0.25) is 0 Å². The summed E-state index contributed by atoms with van der Waals surface area (Å²) >= 11 is 0. The van der Waals surface area contributed by atoms with Crippen LogP contribution in [-0.4, -0.2) is 9.19 Å². The van der Waals surface area contributed by atoms with Gasteiger partial charge in [0.05, 0.1) is 26.9 Å². The quantitative estimate of drug-likeness (QED) is 0.727. The number of rotatable bonds is 2. The molecule has 4 heteroatoms. The van der Waals surface area contributed by atoms with Crippen molar-refractivity contribution in [3.05, 3.63) is 60.8 Å². The molecule has 19 heavy (non-hydrogen) atoms. The van der Waals surface area contributed by atoms with E-state index >= 15 is 0 Å². The van der Waals surface area contributed by atoms with E-state index in [1.165, 1.54) is 0 Å². The highest BCUT2D eigenvalue weighted by molar-refractivity contribution is 7.85. The van der Waals surface area contributed by atoms with E-state index in [1.54, 1.807) is 6.20 Å². The first-order chi connectivity index (χ1) is 9.25. The zero-order valence-corrected chi connectivity index (χ0v) is 10.9. The third kappa shape index (κ3) is 2.22. The van der Waals surface area contributed by atoms with Crippen LogP contribution in [0.15, 0.2) is 70.6 Å². The average Bonchev–Trinajstić information content (AvgIpc) is 2.47. The molecule has 1 atom stereocenters. The number of fused-ring (bicyclic) bond motifs is 1. The topological polar surface area (TPSA) is 56.0 Å². The Labute approximate surface area is 113 Å². The van der Waals surface area contributed by atoms with E-state index < -0.39 is 10.8 Å². The van der Waals surface area contributed by atoms with Gasteiger partial charge in [-0.1, -0.05) is 30.3 Å². The predicted octanol–water partition coefficient (Wildman–Crippen LogP) is 2.98. The first kappa shape index (κ1) is 11.9. The molecule has 94 valence electrons. The second-order valence-corrected chi connectivity index (χ2v) is 5.65. The maximum atomic E-state index is 12.4. The number of aromatic nitrogens is 1. The Morgan fingerprint density at radius 1 is 0.947 bits per heavy atom. The molecule has 2 N–H and O–H groups in total. The van der Waals surface area contributed by atoms with Gasteiger partial charge in [-0.05, 0) is 24.3 Å². The molecule has 0 radical (unpaired) electrons. The molecule has 1 heterocycles. The Hall–Kier alpha value is -2.20. The highest BCUT2D eigenvalue weighted by atomic mass is 32.2. The lowest BCUT2D eigenvalue weighted by atomic mass is 10.2. The van der Waals surface area contributed by atoms with E-state index in [4.69, 9.17) is 5.73 Å². The van der Waals surface area contributed by atoms with E-state index in [0.717, 1.165) is 15.8 Å². The SMILES string of the molecule is Nc1cccc2cc([S@](=O)c3ccccc3)cnc12. The Bertz CT molecular complexity index is 756. The normalized spacial score (nSPS) is 12.4. The van der Waals surface area contributed by atoms with Crippen LogP contribution in [-0.2, 0) is 10.8 Å². The number of pyridine rings is 1. The maximum absolute atomic E-state index is 12.4. The Balaban J connectivity index is 2.09. The maximum Gasteiger partial charge on any atom is 0.0931 e. The molecule has 2 aromatic carbocycles. The molecule has 0 aliphatic rings. The van der Waals surface area contributed by atoms with E-state index in [-0.39, 0.29) is 0 Å². The number of hydrogen-bond acceptors (Lipinski definition) is 3. The lowest BCUT2D eigenvalue weighted by molar-refractivity contribution is 0.683. The van der Waals surface area contributed by atoms with E-state index in [9.17, 15) is 4.21 Å². The number of nitrogens with two attached hydrogens (primary N) is 1. The molecule has 0 bridgehead atoms. The molecule has 3 aromatic rings. The molecule has 0 fully saturated rings. The fourth-order valence-electron chi connectivity index (χ4n) is 1.95. The molecule has 0 aliphatic carbocycles. The number of anilines is 1. The van der Waals surface area contributed by atoms with Gasteiger partial charge in [0.2, 0.25) is 0 Å². The minimum absolute atomic E-state index is 0.634. The summed E-state index contributed by atoms with van der Waals surface area (Å²) in [6.07, 6.45) is 1.63. The third-order valence-electron chi connectivity index (χ3n) is 2.89. The van der Waals surface area contributed by atoms with Crippen molar-refractivity contribution in [2.24, 2.45) is 0 Å². The van der Waals surface area contributed by atoms with Crippen molar-refractivity contribution in [3.8, 4) is 0 Å². The largest absolute Gasteiger partial charge is 0.397 e. The van der Waals surface area contributed by atoms with Crippen molar-refractivity contribution in [2.75, 3.05) is 5.73 Å². The third-order valence-corrected chi connectivity index (χ3v) is 4.24. The number of hydrogen-bond donors (Lipinski definition) is 1. The van der Waals surface area contributed by atoms with E-state index in [1.807, 2.05) is 54.6 Å². The standard InChI is InChI=1S/C15H12N2OS/c16-14-8-4-5-11-9-13(10-17-15(11)14)19(18)12-6-2-1-3-7-12/h1-10H,16H2/t19-/m1/s1. The first-order valence-electron chi connectivity index (χ1n) is 5.87. The monoisotopic (exact) mass is 268 g/mol. The number of nitrogens with zero attached hydrogens (tertiary/aromatic N) is 1. The van der Waals surface area contributed by atoms with Crippen LogP contribution in [0.3, 0.4) is 0 Å². The Kier molecular flexibility index (Phi) is 3.01. The van der Waals surface area contributed by atoms with Crippen molar-refractivity contribution in [1.82, 2.24) is 4.98 Å². The highest BCUT2D eigenvalue weighted by Crippen LogP contribution is 2.22. The molecule has 3 nitrogen and oxygen atoms in total. The summed E-state index contributed by atoms with van der Waals surface area (Å²) in [6, 6.07) is 16.8. The van der Waals surface area contributed by atoms with Gasteiger partial charge in [0, 0.05) is 16.5 Å². The number of benzene rings is 2. The van der Waals surface area contributed by atoms with Gasteiger partial charge in [0.1, 0.15) is 0 Å². The summed E-state index contributed by atoms with van der Waals surface area (Å²) in [7, 11) is -1.21. The second kappa shape index (κ2) is 4.82. The minimum atomic E-state index is -1.21. The zero-order chi connectivity index (χ0) is 13.2. The van der Waals surface area contributed by atoms with Crippen molar-refractivity contribution >= 4 is 27.4 Å². The predicted molar refractivity (Wildman–Crippen MR) is 77.3 cm³/mol. The lowest BCUT2D eigenvalue weighted by Gasteiger charge is -2.05. The lowest BCUT2D eigenvalue weighted by Crippen LogP contribution is -1.95. The average molecular weight is 268 g/mol. The fourth-order valence-corrected chi connectivity index (χ4v) is 3.00. The molecule has 0 amide bonds. The van der Waals surface area contributed by atoms with Crippen LogP contribution in [0.25, 0.3) is 10.9 Å². The molecule has 0 saturated carbocycles.